The SMILES string of the molecule is CC1(C(=O)O)CCCN(C(=O)Cc2noc3ccccc23)C1. The van der Waals surface area contributed by atoms with E-state index in [0.717, 1.165) is 5.39 Å². The molecule has 1 unspecified atom stereocenters. The molecule has 3 rings (SSSR count). The molecule has 0 aliphatic carbocycles. The Morgan fingerprint density at radius 3 is 2.95 bits per heavy atom. The summed E-state index contributed by atoms with van der Waals surface area (Å²) in [4.78, 5) is 25.5. The number of amides is 1. The van der Waals surface area contributed by atoms with Crippen molar-refractivity contribution < 1.29 is 19.2 Å². The lowest BCUT2D eigenvalue weighted by molar-refractivity contribution is -0.153. The number of piperidine rings is 1. The summed E-state index contributed by atoms with van der Waals surface area (Å²) in [5, 5.41) is 14.1. The number of hydrogen-bond donors (Lipinski definition) is 1. The number of carboxylic acids is 1. The number of rotatable bonds is 3. The number of benzene rings is 1. The normalized spacial score (nSPS) is 22.0. The summed E-state index contributed by atoms with van der Waals surface area (Å²) >= 11 is 0. The first kappa shape index (κ1) is 14.6. The fourth-order valence-electron chi connectivity index (χ4n) is 2.95. The second-order valence-corrected chi connectivity index (χ2v) is 6.09. The van der Waals surface area contributed by atoms with Gasteiger partial charge in [-0.2, -0.15) is 0 Å². The van der Waals surface area contributed by atoms with Crippen molar-refractivity contribution in [3.8, 4) is 0 Å². The molecule has 0 radical (unpaired) electrons. The fraction of sp³-hybridized carbons (Fsp3) is 0.438. The summed E-state index contributed by atoms with van der Waals surface area (Å²) in [5.74, 6) is -0.955. The van der Waals surface area contributed by atoms with E-state index in [4.69, 9.17) is 4.52 Å². The van der Waals surface area contributed by atoms with Crippen LogP contribution in [-0.2, 0) is 16.0 Å². The molecular weight excluding hydrogens is 284 g/mol. The van der Waals surface area contributed by atoms with E-state index >= 15 is 0 Å². The quantitative estimate of drug-likeness (QED) is 0.938. The third-order valence-corrected chi connectivity index (χ3v) is 4.34. The molecular formula is C16H18N2O4. The van der Waals surface area contributed by atoms with E-state index < -0.39 is 11.4 Å². The predicted molar refractivity (Wildman–Crippen MR) is 79.3 cm³/mol. The molecule has 0 saturated carbocycles. The number of nitrogens with zero attached hydrogens (tertiary/aromatic N) is 2. The average molecular weight is 302 g/mol. The summed E-state index contributed by atoms with van der Waals surface area (Å²) in [6.07, 6.45) is 1.43. The molecule has 1 aromatic heterocycles. The van der Waals surface area contributed by atoms with Crippen LogP contribution >= 0.6 is 0 Å². The van der Waals surface area contributed by atoms with Crippen LogP contribution in [0.15, 0.2) is 28.8 Å². The van der Waals surface area contributed by atoms with Crippen molar-refractivity contribution in [1.82, 2.24) is 10.1 Å². The van der Waals surface area contributed by atoms with Crippen molar-refractivity contribution in [2.75, 3.05) is 13.1 Å². The van der Waals surface area contributed by atoms with E-state index in [1.165, 1.54) is 0 Å². The van der Waals surface area contributed by atoms with Crippen molar-refractivity contribution in [2.24, 2.45) is 5.41 Å². The second kappa shape index (κ2) is 5.44. The topological polar surface area (TPSA) is 83.6 Å². The zero-order valence-corrected chi connectivity index (χ0v) is 12.4. The monoisotopic (exact) mass is 302 g/mol. The molecule has 1 aromatic carbocycles. The molecule has 0 bridgehead atoms. The first-order valence-corrected chi connectivity index (χ1v) is 7.34. The van der Waals surface area contributed by atoms with E-state index in [9.17, 15) is 14.7 Å². The molecule has 6 nitrogen and oxygen atoms in total. The zero-order chi connectivity index (χ0) is 15.7. The number of carboxylic acid groups (broad SMARTS) is 1. The number of aliphatic carboxylic acids is 1. The lowest BCUT2D eigenvalue weighted by Gasteiger charge is -2.37. The standard InChI is InChI=1S/C16H18N2O4/c1-16(15(20)21)7-4-8-18(10-16)14(19)9-12-11-5-2-3-6-13(11)22-17-12/h2-3,5-6H,4,7-10H2,1H3,(H,20,21). The number of carbonyl (C=O) groups excluding carboxylic acids is 1. The van der Waals surface area contributed by atoms with Gasteiger partial charge in [-0.25, -0.2) is 0 Å². The second-order valence-electron chi connectivity index (χ2n) is 6.09. The van der Waals surface area contributed by atoms with Crippen LogP contribution in [0.3, 0.4) is 0 Å². The van der Waals surface area contributed by atoms with Crippen LogP contribution in [0.4, 0.5) is 0 Å². The van der Waals surface area contributed by atoms with E-state index in [-0.39, 0.29) is 18.9 Å². The third kappa shape index (κ3) is 2.56. The Balaban J connectivity index is 1.76. The summed E-state index contributed by atoms with van der Waals surface area (Å²) in [5.41, 5.74) is 0.391. The maximum atomic E-state index is 12.5. The summed E-state index contributed by atoms with van der Waals surface area (Å²) in [6.45, 7) is 2.54. The molecule has 1 aliphatic rings. The molecule has 1 saturated heterocycles. The molecule has 22 heavy (non-hydrogen) atoms. The Morgan fingerprint density at radius 1 is 1.41 bits per heavy atom. The highest BCUT2D eigenvalue weighted by molar-refractivity contribution is 5.86. The number of aromatic nitrogens is 1. The number of fused-ring (bicyclic) bond motifs is 1. The maximum absolute atomic E-state index is 12.5. The van der Waals surface area contributed by atoms with Crippen LogP contribution < -0.4 is 0 Å². The third-order valence-electron chi connectivity index (χ3n) is 4.34. The van der Waals surface area contributed by atoms with Crippen molar-refractivity contribution in [3.63, 3.8) is 0 Å². The molecule has 1 fully saturated rings. The largest absolute Gasteiger partial charge is 0.481 e. The van der Waals surface area contributed by atoms with Crippen molar-refractivity contribution in [1.29, 1.82) is 0 Å². The first-order valence-electron chi connectivity index (χ1n) is 7.34. The van der Waals surface area contributed by atoms with Crippen LogP contribution in [-0.4, -0.2) is 40.1 Å². The van der Waals surface area contributed by atoms with E-state index in [2.05, 4.69) is 5.16 Å². The summed E-state index contributed by atoms with van der Waals surface area (Å²) < 4.78 is 5.20. The van der Waals surface area contributed by atoms with Crippen LogP contribution in [0, 0.1) is 5.41 Å². The van der Waals surface area contributed by atoms with E-state index in [1.807, 2.05) is 18.2 Å². The van der Waals surface area contributed by atoms with Gasteiger partial charge in [0, 0.05) is 18.5 Å². The lowest BCUT2D eigenvalue weighted by atomic mass is 9.82. The van der Waals surface area contributed by atoms with Gasteiger partial charge in [-0.1, -0.05) is 17.3 Å². The Hall–Kier alpha value is -2.37. The van der Waals surface area contributed by atoms with Crippen molar-refractivity contribution >= 4 is 22.8 Å². The Labute approximate surface area is 127 Å². The lowest BCUT2D eigenvalue weighted by Crippen LogP contribution is -2.48. The molecule has 1 aliphatic heterocycles. The van der Waals surface area contributed by atoms with E-state index in [0.29, 0.717) is 30.7 Å². The number of likely N-dealkylation sites (tertiary alicyclic amines) is 1. The van der Waals surface area contributed by atoms with Gasteiger partial charge >= 0.3 is 5.97 Å². The Bertz CT molecular complexity index is 724. The van der Waals surface area contributed by atoms with Crippen LogP contribution in [0.25, 0.3) is 11.0 Å². The summed E-state index contributed by atoms with van der Waals surface area (Å²) in [6, 6.07) is 7.39. The Morgan fingerprint density at radius 2 is 2.18 bits per heavy atom. The highest BCUT2D eigenvalue weighted by Crippen LogP contribution is 2.30. The van der Waals surface area contributed by atoms with Crippen molar-refractivity contribution in [3.05, 3.63) is 30.0 Å². The minimum Gasteiger partial charge on any atom is -0.481 e. The average Bonchev–Trinajstić information content (AvgIpc) is 2.90. The molecule has 6 heteroatoms. The highest BCUT2D eigenvalue weighted by Gasteiger charge is 2.39. The molecule has 2 heterocycles. The van der Waals surface area contributed by atoms with E-state index in [1.54, 1.807) is 17.9 Å². The molecule has 0 spiro atoms. The smallest absolute Gasteiger partial charge is 0.311 e. The van der Waals surface area contributed by atoms with Crippen LogP contribution in [0.5, 0.6) is 0 Å². The van der Waals surface area contributed by atoms with Gasteiger partial charge in [0.05, 0.1) is 11.8 Å². The minimum atomic E-state index is -0.861. The van der Waals surface area contributed by atoms with Gasteiger partial charge in [0.1, 0.15) is 5.69 Å². The highest BCUT2D eigenvalue weighted by atomic mass is 16.5. The predicted octanol–water partition coefficient (Wildman–Crippen LogP) is 2.08. The maximum Gasteiger partial charge on any atom is 0.311 e. The molecule has 116 valence electrons. The van der Waals surface area contributed by atoms with Gasteiger partial charge in [0.2, 0.25) is 5.91 Å². The van der Waals surface area contributed by atoms with Gasteiger partial charge < -0.3 is 14.5 Å². The van der Waals surface area contributed by atoms with Gasteiger partial charge in [-0.15, -0.1) is 0 Å². The van der Waals surface area contributed by atoms with Gasteiger partial charge in [0.15, 0.2) is 5.58 Å². The number of hydrogen-bond acceptors (Lipinski definition) is 4. The van der Waals surface area contributed by atoms with Crippen molar-refractivity contribution in [2.45, 2.75) is 26.2 Å². The zero-order valence-electron chi connectivity index (χ0n) is 12.4. The van der Waals surface area contributed by atoms with Crippen LogP contribution in [0.1, 0.15) is 25.5 Å². The molecule has 1 atom stereocenters. The minimum absolute atomic E-state index is 0.105. The van der Waals surface area contributed by atoms with Gasteiger partial charge in [-0.3, -0.25) is 9.59 Å². The fourth-order valence-corrected chi connectivity index (χ4v) is 2.95. The molecule has 1 N–H and O–H groups in total. The Kier molecular flexibility index (Phi) is 3.60. The number of para-hydroxylation sites is 1. The molecule has 1 amide bonds. The van der Waals surface area contributed by atoms with Gasteiger partial charge in [-0.05, 0) is 31.9 Å². The first-order chi connectivity index (χ1) is 10.5. The molecule has 2 aromatic rings. The van der Waals surface area contributed by atoms with Crippen LogP contribution in [0.2, 0.25) is 0 Å². The number of carbonyl (C=O) groups is 2. The summed E-state index contributed by atoms with van der Waals surface area (Å²) in [7, 11) is 0. The van der Waals surface area contributed by atoms with Gasteiger partial charge in [0.25, 0.3) is 0 Å².